The summed E-state index contributed by atoms with van der Waals surface area (Å²) in [6.07, 6.45) is 1.84. The highest BCUT2D eigenvalue weighted by atomic mass is 79.9. The van der Waals surface area contributed by atoms with E-state index in [1.54, 1.807) is 10.7 Å². The number of rotatable bonds is 6. The summed E-state index contributed by atoms with van der Waals surface area (Å²) in [7, 11) is 1.35. The monoisotopic (exact) mass is 560 g/mol. The van der Waals surface area contributed by atoms with E-state index in [2.05, 4.69) is 31.7 Å². The molecule has 4 aromatic rings. The molecule has 2 N–H and O–H groups in total. The third-order valence-electron chi connectivity index (χ3n) is 4.66. The number of nitrogens with one attached hydrogen (secondary N) is 2. The van der Waals surface area contributed by atoms with E-state index in [1.807, 2.05) is 60.8 Å². The molecule has 0 aliphatic carbocycles. The first-order chi connectivity index (χ1) is 15.9. The van der Waals surface area contributed by atoms with Crippen molar-refractivity contribution in [2.45, 2.75) is 6.54 Å². The highest BCUT2D eigenvalue weighted by Gasteiger charge is 2.19. The maximum absolute atomic E-state index is 12.3. The fraction of sp³-hybridized carbons (Fsp3) is 0.0870. The number of carbonyl (C=O) groups excluding carboxylic acids is 1. The molecule has 2 aromatic carbocycles. The Bertz CT molecular complexity index is 1310. The van der Waals surface area contributed by atoms with Crippen molar-refractivity contribution in [3.05, 3.63) is 87.5 Å². The van der Waals surface area contributed by atoms with Crippen molar-refractivity contribution in [2.24, 2.45) is 0 Å². The fourth-order valence-corrected chi connectivity index (χ4v) is 5.03. The van der Waals surface area contributed by atoms with Crippen molar-refractivity contribution in [3.63, 3.8) is 0 Å². The molecule has 0 aliphatic rings. The normalized spacial score (nSPS) is 10.6. The molecule has 10 heteroatoms. The van der Waals surface area contributed by atoms with Gasteiger partial charge in [0.15, 0.2) is 10.9 Å². The molecule has 0 fully saturated rings. The lowest BCUT2D eigenvalue weighted by Crippen LogP contribution is -2.20. The molecule has 2 heterocycles. The lowest BCUT2D eigenvalue weighted by Gasteiger charge is -2.09. The average Bonchev–Trinajstić information content (AvgIpc) is 3.38. The van der Waals surface area contributed by atoms with E-state index in [1.165, 1.54) is 18.4 Å². The van der Waals surface area contributed by atoms with Crippen molar-refractivity contribution in [1.29, 1.82) is 0 Å². The molecule has 0 saturated carbocycles. The van der Waals surface area contributed by atoms with Gasteiger partial charge in [0, 0.05) is 16.1 Å². The van der Waals surface area contributed by atoms with Crippen LogP contribution in [0.25, 0.3) is 10.4 Å². The van der Waals surface area contributed by atoms with Gasteiger partial charge >= 0.3 is 5.97 Å². The van der Waals surface area contributed by atoms with Crippen molar-refractivity contribution in [3.8, 4) is 10.4 Å². The van der Waals surface area contributed by atoms with Gasteiger partial charge in [-0.1, -0.05) is 60.1 Å². The van der Waals surface area contributed by atoms with E-state index in [0.29, 0.717) is 33.1 Å². The van der Waals surface area contributed by atoms with Crippen LogP contribution in [0.15, 0.2) is 71.3 Å². The van der Waals surface area contributed by atoms with Crippen molar-refractivity contribution >= 4 is 73.0 Å². The van der Waals surface area contributed by atoms with E-state index >= 15 is 0 Å². The molecule has 4 rings (SSSR count). The zero-order chi connectivity index (χ0) is 23.4. The van der Waals surface area contributed by atoms with E-state index < -0.39 is 5.97 Å². The summed E-state index contributed by atoms with van der Waals surface area (Å²) < 4.78 is 7.44. The number of anilines is 2. The van der Waals surface area contributed by atoms with Crippen molar-refractivity contribution in [1.82, 2.24) is 9.78 Å². The minimum absolute atomic E-state index is 0.297. The van der Waals surface area contributed by atoms with Gasteiger partial charge in [0.25, 0.3) is 0 Å². The first-order valence-corrected chi connectivity index (χ1v) is 12.2. The predicted octanol–water partition coefficient (Wildman–Crippen LogP) is 6.67. The van der Waals surface area contributed by atoms with Gasteiger partial charge in [-0.05, 0) is 51.4 Å². The Morgan fingerprint density at radius 3 is 2.64 bits per heavy atom. The van der Waals surface area contributed by atoms with Crippen molar-refractivity contribution in [2.75, 3.05) is 17.7 Å². The van der Waals surface area contributed by atoms with E-state index in [4.69, 9.17) is 28.6 Å². The summed E-state index contributed by atoms with van der Waals surface area (Å²) in [5.74, 6) is 0.0999. The maximum Gasteiger partial charge on any atom is 0.340 e. The predicted molar refractivity (Wildman–Crippen MR) is 141 cm³/mol. The van der Waals surface area contributed by atoms with Crippen LogP contribution >= 0.6 is 51.1 Å². The number of benzene rings is 2. The highest BCUT2D eigenvalue weighted by molar-refractivity contribution is 9.10. The molecule has 0 amide bonds. The number of methoxy groups -OCH3 is 1. The molecular weight excluding hydrogens is 544 g/mol. The summed E-state index contributed by atoms with van der Waals surface area (Å²) in [5, 5.41) is 12.3. The first kappa shape index (κ1) is 23.4. The SMILES string of the molecule is COC(=O)c1cc(-c2ccccc2)sc1NC(=S)Nc1nn(Cc2ccccc2Cl)cc1Br. The molecule has 0 atom stereocenters. The quantitative estimate of drug-likeness (QED) is 0.202. The summed E-state index contributed by atoms with van der Waals surface area (Å²) in [6, 6.07) is 19.2. The Kier molecular flexibility index (Phi) is 7.44. The van der Waals surface area contributed by atoms with Crippen LogP contribution in [0.2, 0.25) is 5.02 Å². The number of halogens is 2. The van der Waals surface area contributed by atoms with Gasteiger partial charge in [-0.3, -0.25) is 4.68 Å². The molecule has 2 aromatic heterocycles. The minimum Gasteiger partial charge on any atom is -0.465 e. The summed E-state index contributed by atoms with van der Waals surface area (Å²) in [4.78, 5) is 13.2. The van der Waals surface area contributed by atoms with E-state index in [-0.39, 0.29) is 0 Å². The van der Waals surface area contributed by atoms with Gasteiger partial charge in [-0.2, -0.15) is 5.10 Å². The Balaban J connectivity index is 1.51. The van der Waals surface area contributed by atoms with Crippen LogP contribution in [-0.4, -0.2) is 28.0 Å². The summed E-state index contributed by atoms with van der Waals surface area (Å²) in [5.41, 5.74) is 2.37. The Labute approximate surface area is 213 Å². The van der Waals surface area contributed by atoms with Gasteiger partial charge in [0.05, 0.1) is 23.7 Å². The highest BCUT2D eigenvalue weighted by Crippen LogP contribution is 2.36. The van der Waals surface area contributed by atoms with Gasteiger partial charge in [-0.25, -0.2) is 4.79 Å². The molecule has 0 radical (unpaired) electrons. The first-order valence-electron chi connectivity index (χ1n) is 9.76. The van der Waals surface area contributed by atoms with Gasteiger partial charge < -0.3 is 15.4 Å². The molecule has 6 nitrogen and oxygen atoms in total. The van der Waals surface area contributed by atoms with E-state index in [9.17, 15) is 4.79 Å². The Hall–Kier alpha value is -2.72. The summed E-state index contributed by atoms with van der Waals surface area (Å²) >= 11 is 16.7. The number of ether oxygens (including phenoxy) is 1. The third-order valence-corrected chi connectivity index (χ3v) is 6.91. The molecule has 33 heavy (non-hydrogen) atoms. The number of hydrogen-bond donors (Lipinski definition) is 2. The van der Waals surface area contributed by atoms with Gasteiger partial charge in [0.2, 0.25) is 0 Å². The number of esters is 1. The minimum atomic E-state index is -0.441. The molecule has 0 bridgehead atoms. The number of hydrogen-bond acceptors (Lipinski definition) is 5. The topological polar surface area (TPSA) is 68.2 Å². The smallest absolute Gasteiger partial charge is 0.340 e. The number of nitrogens with zero attached hydrogens (tertiary/aromatic N) is 2. The second kappa shape index (κ2) is 10.5. The number of carbonyl (C=O) groups is 1. The van der Waals surface area contributed by atoms with Crippen LogP contribution in [0.3, 0.4) is 0 Å². The van der Waals surface area contributed by atoms with Gasteiger partial charge in [-0.15, -0.1) is 11.3 Å². The van der Waals surface area contributed by atoms with Crippen LogP contribution in [0.5, 0.6) is 0 Å². The number of thiocarbonyl (C=S) groups is 1. The second-order valence-electron chi connectivity index (χ2n) is 6.90. The molecule has 0 aliphatic heterocycles. The molecule has 0 saturated heterocycles. The molecular formula is C23H18BrClN4O2S2. The number of thiophene rings is 1. The van der Waals surface area contributed by atoms with Crippen molar-refractivity contribution < 1.29 is 9.53 Å². The van der Waals surface area contributed by atoms with Crippen LogP contribution in [-0.2, 0) is 11.3 Å². The molecule has 0 unspecified atom stereocenters. The lowest BCUT2D eigenvalue weighted by molar-refractivity contribution is 0.0602. The zero-order valence-electron chi connectivity index (χ0n) is 17.3. The molecule has 168 valence electrons. The van der Waals surface area contributed by atoms with E-state index in [0.717, 1.165) is 20.5 Å². The zero-order valence-corrected chi connectivity index (χ0v) is 21.3. The second-order valence-corrected chi connectivity index (χ2v) is 9.63. The van der Waals surface area contributed by atoms with Crippen LogP contribution in [0.4, 0.5) is 10.8 Å². The van der Waals surface area contributed by atoms with Gasteiger partial charge in [0.1, 0.15) is 5.00 Å². The number of aromatic nitrogens is 2. The third kappa shape index (κ3) is 5.62. The summed E-state index contributed by atoms with van der Waals surface area (Å²) in [6.45, 7) is 0.512. The van der Waals surface area contributed by atoms with Crippen LogP contribution < -0.4 is 10.6 Å². The fourth-order valence-electron chi connectivity index (χ4n) is 3.10. The van der Waals surface area contributed by atoms with Crippen LogP contribution in [0.1, 0.15) is 15.9 Å². The lowest BCUT2D eigenvalue weighted by atomic mass is 10.1. The average molecular weight is 562 g/mol. The maximum atomic E-state index is 12.3. The largest absolute Gasteiger partial charge is 0.465 e. The standard InChI is InChI=1S/C23H18BrClN4O2S2/c1-31-22(30)16-11-19(14-7-3-2-4-8-14)33-21(16)27-23(32)26-20-17(24)13-29(28-20)12-15-9-5-6-10-18(15)25/h2-11,13H,12H2,1H3,(H2,26,27,28,32). The van der Waals surface area contributed by atoms with Crippen LogP contribution in [0, 0.1) is 0 Å². The Morgan fingerprint density at radius 1 is 1.18 bits per heavy atom. The molecule has 0 spiro atoms. The Morgan fingerprint density at radius 2 is 1.91 bits per heavy atom.